The number of carbonyl (C=O) groups excluding carboxylic acids is 1. The molecule has 7 heteroatoms. The second-order valence-electron chi connectivity index (χ2n) is 7.08. The van der Waals surface area contributed by atoms with Crippen molar-refractivity contribution in [2.24, 2.45) is 5.92 Å². The number of hydrogen-bond donors (Lipinski definition) is 1. The van der Waals surface area contributed by atoms with Gasteiger partial charge in [0.05, 0.1) is 5.75 Å². The zero-order valence-corrected chi connectivity index (χ0v) is 14.4. The summed E-state index contributed by atoms with van der Waals surface area (Å²) in [6, 6.07) is -0.0751. The molecular weight excluding hydrogens is 304 g/mol. The van der Waals surface area contributed by atoms with E-state index in [0.29, 0.717) is 19.0 Å². The second kappa shape index (κ2) is 6.58. The van der Waals surface area contributed by atoms with Gasteiger partial charge in [-0.3, -0.25) is 0 Å². The maximum absolute atomic E-state index is 12.0. The Hall–Kier alpha value is -1.08. The number of nitrogens with zero attached hydrogens (tertiary/aromatic N) is 1. The molecule has 0 aliphatic carbocycles. The molecule has 2 aliphatic heterocycles. The Bertz CT molecular complexity index is 528. The van der Waals surface area contributed by atoms with Gasteiger partial charge in [0.25, 0.3) is 0 Å². The summed E-state index contributed by atoms with van der Waals surface area (Å²) in [6.07, 6.45) is 3.29. The van der Waals surface area contributed by atoms with Crippen LogP contribution in [0, 0.1) is 5.92 Å². The van der Waals surface area contributed by atoms with Crippen LogP contribution in [0.15, 0.2) is 11.5 Å². The molecule has 2 aliphatic rings. The molecule has 1 atom stereocenters. The molecule has 0 saturated carbocycles. The maximum atomic E-state index is 12.0. The minimum Gasteiger partial charge on any atom is -0.444 e. The van der Waals surface area contributed by atoms with Crippen molar-refractivity contribution < 1.29 is 17.9 Å². The Morgan fingerprint density at radius 2 is 1.95 bits per heavy atom. The van der Waals surface area contributed by atoms with E-state index in [1.54, 1.807) is 11.0 Å². The number of nitrogens with one attached hydrogen (secondary N) is 1. The Morgan fingerprint density at radius 1 is 1.32 bits per heavy atom. The molecule has 126 valence electrons. The molecule has 0 radical (unpaired) electrons. The number of carbonyl (C=O) groups is 1. The average molecular weight is 330 g/mol. The quantitative estimate of drug-likeness (QED) is 0.849. The van der Waals surface area contributed by atoms with E-state index in [1.807, 2.05) is 20.8 Å². The van der Waals surface area contributed by atoms with Crippen molar-refractivity contribution in [3.8, 4) is 0 Å². The predicted molar refractivity (Wildman–Crippen MR) is 85.2 cm³/mol. The lowest BCUT2D eigenvalue weighted by atomic mass is 9.97. The van der Waals surface area contributed by atoms with E-state index in [1.165, 1.54) is 5.41 Å². The largest absolute Gasteiger partial charge is 0.444 e. The molecule has 1 fully saturated rings. The summed E-state index contributed by atoms with van der Waals surface area (Å²) in [7, 11) is -3.00. The zero-order chi connectivity index (χ0) is 16.4. The summed E-state index contributed by atoms with van der Waals surface area (Å²) in [5.74, 6) is 0.624. The summed E-state index contributed by atoms with van der Waals surface area (Å²) in [4.78, 5) is 13.7. The van der Waals surface area contributed by atoms with E-state index < -0.39 is 15.4 Å². The van der Waals surface area contributed by atoms with Crippen LogP contribution < -0.4 is 5.32 Å². The molecule has 1 saturated heterocycles. The third-order valence-electron chi connectivity index (χ3n) is 3.87. The van der Waals surface area contributed by atoms with Crippen molar-refractivity contribution in [3.05, 3.63) is 11.5 Å². The molecule has 1 N–H and O–H groups in total. The lowest BCUT2D eigenvalue weighted by Gasteiger charge is -2.33. The van der Waals surface area contributed by atoms with E-state index >= 15 is 0 Å². The van der Waals surface area contributed by atoms with Gasteiger partial charge in [0.15, 0.2) is 9.84 Å². The Kier molecular flexibility index (Phi) is 5.17. The number of likely N-dealkylation sites (tertiary alicyclic amines) is 1. The van der Waals surface area contributed by atoms with E-state index in [-0.39, 0.29) is 17.9 Å². The minimum absolute atomic E-state index is 0.0751. The Labute approximate surface area is 132 Å². The standard InChI is InChI=1S/C15H26N2O4S/c1-15(2,3)21-14(18)17-7-4-12(5-8-17)10-16-13-6-9-22(19,20)11-13/h6,9,12-13,16H,4-5,7-8,10-11H2,1-3H3. The number of piperidine rings is 1. The fraction of sp³-hybridized carbons (Fsp3) is 0.800. The van der Waals surface area contributed by atoms with Crippen LogP contribution in [0.5, 0.6) is 0 Å². The molecule has 0 bridgehead atoms. The van der Waals surface area contributed by atoms with Crippen LogP contribution in [0.4, 0.5) is 4.79 Å². The van der Waals surface area contributed by atoms with E-state index in [9.17, 15) is 13.2 Å². The minimum atomic E-state index is -3.00. The molecule has 0 spiro atoms. The average Bonchev–Trinajstić information content (AvgIpc) is 2.74. The molecule has 0 aromatic carbocycles. The third-order valence-corrected chi connectivity index (χ3v) is 5.26. The fourth-order valence-electron chi connectivity index (χ4n) is 2.67. The highest BCUT2D eigenvalue weighted by Crippen LogP contribution is 2.19. The number of sulfone groups is 1. The molecule has 2 rings (SSSR count). The third kappa shape index (κ3) is 5.28. The van der Waals surface area contributed by atoms with Crippen LogP contribution in [0.1, 0.15) is 33.6 Å². The van der Waals surface area contributed by atoms with Crippen LogP contribution in [-0.2, 0) is 14.6 Å². The predicted octanol–water partition coefficient (Wildman–Crippen LogP) is 1.53. The summed E-state index contributed by atoms with van der Waals surface area (Å²) >= 11 is 0. The monoisotopic (exact) mass is 330 g/mol. The van der Waals surface area contributed by atoms with Crippen molar-refractivity contribution in [2.75, 3.05) is 25.4 Å². The van der Waals surface area contributed by atoms with Crippen LogP contribution in [0.3, 0.4) is 0 Å². The van der Waals surface area contributed by atoms with Gasteiger partial charge in [-0.1, -0.05) is 6.08 Å². The van der Waals surface area contributed by atoms with Crippen LogP contribution in [-0.4, -0.2) is 56.4 Å². The van der Waals surface area contributed by atoms with Gasteiger partial charge in [-0.05, 0) is 46.1 Å². The number of rotatable bonds is 3. The summed E-state index contributed by atoms with van der Waals surface area (Å²) in [5, 5.41) is 4.58. The topological polar surface area (TPSA) is 75.7 Å². The number of hydrogen-bond acceptors (Lipinski definition) is 5. The SMILES string of the molecule is CC(C)(C)OC(=O)N1CCC(CNC2C=CS(=O)(=O)C2)CC1. The van der Waals surface area contributed by atoms with Gasteiger partial charge in [-0.15, -0.1) is 0 Å². The van der Waals surface area contributed by atoms with E-state index in [0.717, 1.165) is 19.4 Å². The molecule has 6 nitrogen and oxygen atoms in total. The van der Waals surface area contributed by atoms with Gasteiger partial charge in [-0.25, -0.2) is 13.2 Å². The first-order valence-electron chi connectivity index (χ1n) is 7.77. The molecular formula is C15H26N2O4S. The first-order valence-corrected chi connectivity index (χ1v) is 9.48. The van der Waals surface area contributed by atoms with Crippen LogP contribution in [0.2, 0.25) is 0 Å². The Balaban J connectivity index is 1.69. The van der Waals surface area contributed by atoms with Crippen molar-refractivity contribution in [1.82, 2.24) is 10.2 Å². The fourth-order valence-corrected chi connectivity index (χ4v) is 3.94. The van der Waals surface area contributed by atoms with Gasteiger partial charge in [0.1, 0.15) is 5.60 Å². The molecule has 0 aromatic rings. The highest BCUT2D eigenvalue weighted by atomic mass is 32.2. The maximum Gasteiger partial charge on any atom is 0.410 e. The van der Waals surface area contributed by atoms with Crippen LogP contribution in [0.25, 0.3) is 0 Å². The first kappa shape index (κ1) is 17.3. The molecule has 1 amide bonds. The normalized spacial score (nSPS) is 25.4. The van der Waals surface area contributed by atoms with Gasteiger partial charge in [-0.2, -0.15) is 0 Å². The van der Waals surface area contributed by atoms with Gasteiger partial charge < -0.3 is 15.0 Å². The van der Waals surface area contributed by atoms with Crippen molar-refractivity contribution in [1.29, 1.82) is 0 Å². The first-order chi connectivity index (χ1) is 10.1. The second-order valence-corrected chi connectivity index (χ2v) is 9.01. The molecule has 0 aromatic heterocycles. The highest BCUT2D eigenvalue weighted by Gasteiger charge is 2.28. The lowest BCUT2D eigenvalue weighted by molar-refractivity contribution is 0.0184. The molecule has 2 heterocycles. The molecule has 22 heavy (non-hydrogen) atoms. The molecule has 1 unspecified atom stereocenters. The van der Waals surface area contributed by atoms with Gasteiger partial charge in [0, 0.05) is 24.5 Å². The van der Waals surface area contributed by atoms with Crippen LogP contribution >= 0.6 is 0 Å². The van der Waals surface area contributed by atoms with Gasteiger partial charge >= 0.3 is 6.09 Å². The highest BCUT2D eigenvalue weighted by molar-refractivity contribution is 7.94. The van der Waals surface area contributed by atoms with Crippen molar-refractivity contribution in [3.63, 3.8) is 0 Å². The van der Waals surface area contributed by atoms with Crippen molar-refractivity contribution >= 4 is 15.9 Å². The number of ether oxygens (including phenoxy) is 1. The van der Waals surface area contributed by atoms with E-state index in [2.05, 4.69) is 5.32 Å². The smallest absolute Gasteiger partial charge is 0.410 e. The zero-order valence-electron chi connectivity index (χ0n) is 13.5. The Morgan fingerprint density at radius 3 is 2.45 bits per heavy atom. The summed E-state index contributed by atoms with van der Waals surface area (Å²) in [5.41, 5.74) is -0.463. The lowest BCUT2D eigenvalue weighted by Crippen LogP contribution is -2.44. The van der Waals surface area contributed by atoms with E-state index in [4.69, 9.17) is 4.74 Å². The number of amides is 1. The van der Waals surface area contributed by atoms with Gasteiger partial charge in [0.2, 0.25) is 0 Å². The summed E-state index contributed by atoms with van der Waals surface area (Å²) in [6.45, 7) is 7.77. The van der Waals surface area contributed by atoms with Crippen molar-refractivity contribution in [2.45, 2.75) is 45.3 Å². The summed E-state index contributed by atoms with van der Waals surface area (Å²) < 4.78 is 28.1.